The minimum absolute atomic E-state index is 0.00366. The molecule has 0 radical (unpaired) electrons. The van der Waals surface area contributed by atoms with E-state index in [2.05, 4.69) is 10.6 Å². The average molecular weight is 424 g/mol. The number of hydrogen-bond donors (Lipinski definition) is 2. The largest absolute Gasteiger partial charge is 0.461 e. The van der Waals surface area contributed by atoms with E-state index in [4.69, 9.17) is 9.47 Å². The van der Waals surface area contributed by atoms with Gasteiger partial charge < -0.3 is 20.1 Å². The van der Waals surface area contributed by atoms with Gasteiger partial charge in [0.1, 0.15) is 19.3 Å². The van der Waals surface area contributed by atoms with Crippen molar-refractivity contribution in [3.63, 3.8) is 0 Å². The van der Waals surface area contributed by atoms with Crippen molar-refractivity contribution >= 4 is 17.8 Å². The van der Waals surface area contributed by atoms with E-state index >= 15 is 0 Å². The predicted octanol–water partition coefficient (Wildman–Crippen LogP) is 2.49. The monoisotopic (exact) mass is 424 g/mol. The van der Waals surface area contributed by atoms with Crippen LogP contribution in [0.2, 0.25) is 0 Å². The first-order valence-corrected chi connectivity index (χ1v) is 10.6. The number of amides is 1. The summed E-state index contributed by atoms with van der Waals surface area (Å²) in [5, 5.41) is 5.85. The van der Waals surface area contributed by atoms with Crippen molar-refractivity contribution in [2.45, 2.75) is 51.0 Å². The lowest BCUT2D eigenvalue weighted by molar-refractivity contribution is -0.150. The Labute approximate surface area is 182 Å². The number of carbonyl (C=O) groups excluding carboxylic acids is 3. The Morgan fingerprint density at radius 2 is 1.55 bits per heavy atom. The van der Waals surface area contributed by atoms with E-state index in [1.54, 1.807) is 0 Å². The summed E-state index contributed by atoms with van der Waals surface area (Å²) < 4.78 is 10.7. The molecule has 2 atom stereocenters. The zero-order valence-electron chi connectivity index (χ0n) is 17.4. The van der Waals surface area contributed by atoms with E-state index in [9.17, 15) is 14.4 Å². The van der Waals surface area contributed by atoms with Gasteiger partial charge in [0.15, 0.2) is 0 Å². The molecule has 1 aliphatic rings. The molecule has 1 aliphatic heterocycles. The summed E-state index contributed by atoms with van der Waals surface area (Å²) in [4.78, 5) is 37.3. The molecule has 0 saturated carbocycles. The maximum atomic E-state index is 12.6. The van der Waals surface area contributed by atoms with Gasteiger partial charge in [-0.2, -0.15) is 0 Å². The van der Waals surface area contributed by atoms with Crippen LogP contribution in [0.3, 0.4) is 0 Å². The number of esters is 2. The average Bonchev–Trinajstić information content (AvgIpc) is 3.35. The number of hydrogen-bond acceptors (Lipinski definition) is 6. The highest BCUT2D eigenvalue weighted by Crippen LogP contribution is 2.10. The topological polar surface area (TPSA) is 93.7 Å². The van der Waals surface area contributed by atoms with E-state index < -0.39 is 18.0 Å². The molecule has 0 bridgehead atoms. The molecule has 164 valence electrons. The van der Waals surface area contributed by atoms with E-state index in [0.29, 0.717) is 0 Å². The molecule has 0 spiro atoms. The smallest absolute Gasteiger partial charge is 0.328 e. The molecule has 0 aliphatic carbocycles. The highest BCUT2D eigenvalue weighted by molar-refractivity contribution is 5.88. The van der Waals surface area contributed by atoms with Crippen LogP contribution in [0, 0.1) is 0 Å². The molecule has 2 aromatic carbocycles. The van der Waals surface area contributed by atoms with Crippen LogP contribution in [0.15, 0.2) is 60.7 Å². The van der Waals surface area contributed by atoms with Gasteiger partial charge in [-0.05, 0) is 36.9 Å². The second kappa shape index (κ2) is 11.9. The van der Waals surface area contributed by atoms with Crippen molar-refractivity contribution in [2.24, 2.45) is 0 Å². The highest BCUT2D eigenvalue weighted by Gasteiger charge is 2.28. The first-order chi connectivity index (χ1) is 15.1. The molecule has 2 N–H and O–H groups in total. The van der Waals surface area contributed by atoms with Crippen molar-refractivity contribution in [2.75, 3.05) is 6.54 Å². The van der Waals surface area contributed by atoms with Crippen LogP contribution in [0.4, 0.5) is 0 Å². The van der Waals surface area contributed by atoms with Crippen LogP contribution in [-0.2, 0) is 37.1 Å². The Kier molecular flexibility index (Phi) is 8.60. The highest BCUT2D eigenvalue weighted by atomic mass is 16.5. The summed E-state index contributed by atoms with van der Waals surface area (Å²) in [6.07, 6.45) is 1.74. The summed E-state index contributed by atoms with van der Waals surface area (Å²) in [7, 11) is 0. The maximum absolute atomic E-state index is 12.6. The fourth-order valence-corrected chi connectivity index (χ4v) is 3.33. The van der Waals surface area contributed by atoms with Crippen molar-refractivity contribution in [3.8, 4) is 0 Å². The standard InChI is InChI=1S/C24H28N2O5/c27-22(30-16-18-8-3-1-4-9-18)14-13-21(26-23(28)20-12-7-15-25-20)24(29)31-17-19-10-5-2-6-11-19/h1-6,8-11,20-21,25H,7,12-17H2,(H,26,28)/t20-,21-/m0/s1. The molecular weight excluding hydrogens is 396 g/mol. The fourth-order valence-electron chi connectivity index (χ4n) is 3.33. The number of benzene rings is 2. The molecular formula is C24H28N2O5. The van der Waals surface area contributed by atoms with Crippen LogP contribution >= 0.6 is 0 Å². The zero-order valence-corrected chi connectivity index (χ0v) is 17.4. The maximum Gasteiger partial charge on any atom is 0.328 e. The number of carbonyl (C=O) groups is 3. The molecule has 3 rings (SSSR count). The first kappa shape index (κ1) is 22.5. The Morgan fingerprint density at radius 3 is 2.13 bits per heavy atom. The van der Waals surface area contributed by atoms with Gasteiger partial charge in [0.25, 0.3) is 0 Å². The number of nitrogens with one attached hydrogen (secondary N) is 2. The lowest BCUT2D eigenvalue weighted by Gasteiger charge is -2.20. The summed E-state index contributed by atoms with van der Waals surface area (Å²) in [5.74, 6) is -1.25. The van der Waals surface area contributed by atoms with Crippen molar-refractivity contribution in [3.05, 3.63) is 71.8 Å². The summed E-state index contributed by atoms with van der Waals surface area (Å²) in [6, 6.07) is 17.4. The Morgan fingerprint density at radius 1 is 0.935 bits per heavy atom. The minimum Gasteiger partial charge on any atom is -0.461 e. The van der Waals surface area contributed by atoms with Crippen molar-refractivity contribution < 1.29 is 23.9 Å². The van der Waals surface area contributed by atoms with Gasteiger partial charge >= 0.3 is 11.9 Å². The van der Waals surface area contributed by atoms with Crippen molar-refractivity contribution in [1.82, 2.24) is 10.6 Å². The van der Waals surface area contributed by atoms with Crippen LogP contribution < -0.4 is 10.6 Å². The molecule has 7 heteroatoms. The molecule has 1 heterocycles. The van der Waals surface area contributed by atoms with Crippen LogP contribution in [0.1, 0.15) is 36.8 Å². The van der Waals surface area contributed by atoms with E-state index in [1.165, 1.54) is 0 Å². The van der Waals surface area contributed by atoms with Gasteiger partial charge in [-0.3, -0.25) is 9.59 Å². The molecule has 0 unspecified atom stereocenters. The molecule has 31 heavy (non-hydrogen) atoms. The number of ether oxygens (including phenoxy) is 2. The molecule has 1 saturated heterocycles. The third-order valence-electron chi connectivity index (χ3n) is 5.08. The molecule has 1 fully saturated rings. The first-order valence-electron chi connectivity index (χ1n) is 10.6. The summed E-state index contributed by atoms with van der Waals surface area (Å²) >= 11 is 0. The molecule has 1 amide bonds. The molecule has 7 nitrogen and oxygen atoms in total. The second-order valence-corrected chi connectivity index (χ2v) is 7.49. The third kappa shape index (κ3) is 7.53. The third-order valence-corrected chi connectivity index (χ3v) is 5.08. The Hall–Kier alpha value is -3.19. The second-order valence-electron chi connectivity index (χ2n) is 7.49. The van der Waals surface area contributed by atoms with Gasteiger partial charge in [0, 0.05) is 6.42 Å². The number of rotatable bonds is 10. The lowest BCUT2D eigenvalue weighted by Crippen LogP contribution is -2.48. The molecule has 2 aromatic rings. The zero-order chi connectivity index (χ0) is 21.9. The van der Waals surface area contributed by atoms with Crippen LogP contribution in [-0.4, -0.2) is 36.5 Å². The molecule has 0 aromatic heterocycles. The minimum atomic E-state index is -0.914. The SMILES string of the molecule is O=C(CC[C@H](NC(=O)[C@@H]1CCCN1)C(=O)OCc1ccccc1)OCc1ccccc1. The summed E-state index contributed by atoms with van der Waals surface area (Å²) in [6.45, 7) is 1.04. The summed E-state index contributed by atoms with van der Waals surface area (Å²) in [5.41, 5.74) is 1.73. The van der Waals surface area contributed by atoms with Crippen molar-refractivity contribution in [1.29, 1.82) is 0 Å². The van der Waals surface area contributed by atoms with Gasteiger partial charge in [0.2, 0.25) is 5.91 Å². The fraction of sp³-hybridized carbons (Fsp3) is 0.375. The lowest BCUT2D eigenvalue weighted by atomic mass is 10.1. The van der Waals surface area contributed by atoms with Gasteiger partial charge in [-0.15, -0.1) is 0 Å². The Balaban J connectivity index is 1.52. The quantitative estimate of drug-likeness (QED) is 0.569. The normalized spacial score (nSPS) is 16.3. The van der Waals surface area contributed by atoms with E-state index in [0.717, 1.165) is 30.5 Å². The van der Waals surface area contributed by atoms with Crippen LogP contribution in [0.5, 0.6) is 0 Å². The van der Waals surface area contributed by atoms with Crippen LogP contribution in [0.25, 0.3) is 0 Å². The predicted molar refractivity (Wildman–Crippen MR) is 115 cm³/mol. The Bertz CT molecular complexity index is 851. The van der Waals surface area contributed by atoms with Gasteiger partial charge in [-0.25, -0.2) is 4.79 Å². The van der Waals surface area contributed by atoms with E-state index in [-0.39, 0.29) is 38.0 Å². The van der Waals surface area contributed by atoms with Gasteiger partial charge in [0.05, 0.1) is 6.04 Å². The van der Waals surface area contributed by atoms with Gasteiger partial charge in [-0.1, -0.05) is 60.7 Å². The van der Waals surface area contributed by atoms with E-state index in [1.807, 2.05) is 60.7 Å².